The van der Waals surface area contributed by atoms with Crippen LogP contribution in [0.1, 0.15) is 38.3 Å². The van der Waals surface area contributed by atoms with E-state index in [2.05, 4.69) is 19.2 Å². The lowest BCUT2D eigenvalue weighted by atomic mass is 10.0. The molecular formula is C16H22N2O3. The summed E-state index contributed by atoms with van der Waals surface area (Å²) in [5, 5.41) is 12.0. The van der Waals surface area contributed by atoms with Crippen LogP contribution in [-0.2, 0) is 4.79 Å². The number of aliphatic carboxylic acids is 1. The quantitative estimate of drug-likeness (QED) is 0.895. The molecule has 5 nitrogen and oxygen atoms in total. The van der Waals surface area contributed by atoms with Gasteiger partial charge in [-0.25, -0.2) is 9.59 Å². The fraction of sp³-hybridized carbons (Fsp3) is 0.500. The van der Waals surface area contributed by atoms with Crippen LogP contribution in [0.4, 0.5) is 4.79 Å². The minimum absolute atomic E-state index is 0.190. The van der Waals surface area contributed by atoms with Gasteiger partial charge in [-0.05, 0) is 24.3 Å². The first-order chi connectivity index (χ1) is 10.0. The average Bonchev–Trinajstić information content (AvgIpc) is 2.94. The lowest BCUT2D eigenvalue weighted by Crippen LogP contribution is -2.47. The van der Waals surface area contributed by atoms with Crippen molar-refractivity contribution in [3.05, 3.63) is 35.9 Å². The summed E-state index contributed by atoms with van der Waals surface area (Å²) in [6.07, 6.45) is 1.95. The van der Waals surface area contributed by atoms with E-state index in [1.165, 1.54) is 0 Å². The number of nitrogens with one attached hydrogen (secondary N) is 1. The first kappa shape index (κ1) is 15.4. The molecule has 1 heterocycles. The molecular weight excluding hydrogens is 268 g/mol. The second-order valence-corrected chi connectivity index (χ2v) is 5.78. The van der Waals surface area contributed by atoms with Crippen molar-refractivity contribution in [3.63, 3.8) is 0 Å². The summed E-state index contributed by atoms with van der Waals surface area (Å²) in [4.78, 5) is 25.6. The second-order valence-electron chi connectivity index (χ2n) is 5.78. The van der Waals surface area contributed by atoms with E-state index < -0.39 is 12.0 Å². The van der Waals surface area contributed by atoms with Gasteiger partial charge < -0.3 is 15.3 Å². The number of benzene rings is 1. The van der Waals surface area contributed by atoms with E-state index >= 15 is 0 Å². The van der Waals surface area contributed by atoms with Crippen LogP contribution in [0.3, 0.4) is 0 Å². The van der Waals surface area contributed by atoms with E-state index in [0.29, 0.717) is 18.0 Å². The van der Waals surface area contributed by atoms with Crippen LogP contribution < -0.4 is 5.32 Å². The smallest absolute Gasteiger partial charge is 0.330 e. The van der Waals surface area contributed by atoms with Crippen molar-refractivity contribution in [2.24, 2.45) is 5.92 Å². The molecule has 0 spiro atoms. The number of carboxylic acids is 1. The Hall–Kier alpha value is -2.04. The van der Waals surface area contributed by atoms with E-state index in [4.69, 9.17) is 0 Å². The van der Waals surface area contributed by atoms with Gasteiger partial charge in [-0.2, -0.15) is 0 Å². The number of carboxylic acid groups (broad SMARTS) is 1. The first-order valence-corrected chi connectivity index (χ1v) is 7.35. The van der Waals surface area contributed by atoms with Gasteiger partial charge in [-0.3, -0.25) is 0 Å². The van der Waals surface area contributed by atoms with Crippen molar-refractivity contribution in [1.29, 1.82) is 0 Å². The topological polar surface area (TPSA) is 69.6 Å². The molecule has 0 aliphatic carbocycles. The number of nitrogens with zero attached hydrogens (tertiary/aromatic N) is 1. The highest BCUT2D eigenvalue weighted by Crippen LogP contribution is 2.24. The summed E-state index contributed by atoms with van der Waals surface area (Å²) in [6.45, 7) is 4.86. The van der Waals surface area contributed by atoms with Crippen molar-refractivity contribution in [3.8, 4) is 0 Å². The molecule has 0 radical (unpaired) electrons. The molecule has 2 rings (SSSR count). The van der Waals surface area contributed by atoms with Crippen LogP contribution in [0.25, 0.3) is 0 Å². The maximum absolute atomic E-state index is 12.4. The SMILES string of the molecule is CC(C)C1CCCN1C(=O)NC(C(=O)O)c1ccccc1. The fourth-order valence-electron chi connectivity index (χ4n) is 2.88. The van der Waals surface area contributed by atoms with Crippen LogP contribution in [0.2, 0.25) is 0 Å². The lowest BCUT2D eigenvalue weighted by molar-refractivity contribution is -0.139. The molecule has 2 N–H and O–H groups in total. The van der Waals surface area contributed by atoms with Gasteiger partial charge in [-0.1, -0.05) is 44.2 Å². The molecule has 1 aliphatic heterocycles. The maximum Gasteiger partial charge on any atom is 0.330 e. The van der Waals surface area contributed by atoms with Crippen molar-refractivity contribution in [1.82, 2.24) is 10.2 Å². The van der Waals surface area contributed by atoms with E-state index in [9.17, 15) is 14.7 Å². The van der Waals surface area contributed by atoms with E-state index in [1.54, 1.807) is 29.2 Å². The summed E-state index contributed by atoms with van der Waals surface area (Å²) < 4.78 is 0. The van der Waals surface area contributed by atoms with Gasteiger partial charge in [0.25, 0.3) is 0 Å². The highest BCUT2D eigenvalue weighted by atomic mass is 16.4. The summed E-state index contributed by atoms with van der Waals surface area (Å²) in [5.41, 5.74) is 0.582. The van der Waals surface area contributed by atoms with Gasteiger partial charge in [0.2, 0.25) is 0 Å². The standard InChI is InChI=1S/C16H22N2O3/c1-11(2)13-9-6-10-18(13)16(21)17-14(15(19)20)12-7-4-3-5-8-12/h3-5,7-8,11,13-14H,6,9-10H2,1-2H3,(H,17,21)(H,19,20). The zero-order valence-electron chi connectivity index (χ0n) is 12.5. The Labute approximate surface area is 125 Å². The Morgan fingerprint density at radius 2 is 1.95 bits per heavy atom. The molecule has 1 aromatic rings. The number of amides is 2. The summed E-state index contributed by atoms with van der Waals surface area (Å²) in [7, 11) is 0. The predicted octanol–water partition coefficient (Wildman–Crippen LogP) is 2.64. The monoisotopic (exact) mass is 290 g/mol. The van der Waals surface area contributed by atoms with Crippen molar-refractivity contribution in [2.45, 2.75) is 38.8 Å². The molecule has 114 valence electrons. The number of carbonyl (C=O) groups is 2. The number of rotatable bonds is 4. The summed E-state index contributed by atoms with van der Waals surface area (Å²) >= 11 is 0. The number of urea groups is 1. The summed E-state index contributed by atoms with van der Waals surface area (Å²) in [5.74, 6) is -0.673. The van der Waals surface area contributed by atoms with Gasteiger partial charge in [-0.15, -0.1) is 0 Å². The largest absolute Gasteiger partial charge is 0.479 e. The van der Waals surface area contributed by atoms with Crippen molar-refractivity contribution >= 4 is 12.0 Å². The molecule has 0 aromatic heterocycles. The van der Waals surface area contributed by atoms with Crippen molar-refractivity contribution < 1.29 is 14.7 Å². The molecule has 2 atom stereocenters. The Bertz CT molecular complexity index is 502. The third-order valence-corrected chi connectivity index (χ3v) is 3.98. The number of likely N-dealkylation sites (tertiary alicyclic amines) is 1. The Morgan fingerprint density at radius 1 is 1.29 bits per heavy atom. The second kappa shape index (κ2) is 6.61. The molecule has 2 amide bonds. The van der Waals surface area contributed by atoms with Crippen molar-refractivity contribution in [2.75, 3.05) is 6.54 Å². The number of hydrogen-bond acceptors (Lipinski definition) is 2. The number of carbonyl (C=O) groups excluding carboxylic acids is 1. The normalized spacial score (nSPS) is 19.6. The molecule has 21 heavy (non-hydrogen) atoms. The minimum Gasteiger partial charge on any atom is -0.479 e. The molecule has 5 heteroatoms. The number of hydrogen-bond donors (Lipinski definition) is 2. The van der Waals surface area contributed by atoms with Gasteiger partial charge in [0.1, 0.15) is 0 Å². The van der Waals surface area contributed by atoms with Gasteiger partial charge >= 0.3 is 12.0 Å². The Kier molecular flexibility index (Phi) is 4.83. The van der Waals surface area contributed by atoms with E-state index in [-0.39, 0.29) is 12.1 Å². The average molecular weight is 290 g/mol. The Morgan fingerprint density at radius 3 is 2.52 bits per heavy atom. The third kappa shape index (κ3) is 3.54. The Balaban J connectivity index is 2.11. The van der Waals surface area contributed by atoms with E-state index in [0.717, 1.165) is 12.8 Å². The third-order valence-electron chi connectivity index (χ3n) is 3.98. The molecule has 1 saturated heterocycles. The van der Waals surface area contributed by atoms with Crippen LogP contribution in [0, 0.1) is 5.92 Å². The molecule has 0 saturated carbocycles. The van der Waals surface area contributed by atoms with Gasteiger partial charge in [0.15, 0.2) is 6.04 Å². The molecule has 1 aliphatic rings. The lowest BCUT2D eigenvalue weighted by Gasteiger charge is -2.29. The highest BCUT2D eigenvalue weighted by molar-refractivity contribution is 5.84. The van der Waals surface area contributed by atoms with Crippen LogP contribution in [-0.4, -0.2) is 34.6 Å². The fourth-order valence-corrected chi connectivity index (χ4v) is 2.88. The van der Waals surface area contributed by atoms with Crippen LogP contribution in [0.15, 0.2) is 30.3 Å². The van der Waals surface area contributed by atoms with Crippen LogP contribution >= 0.6 is 0 Å². The maximum atomic E-state index is 12.4. The highest BCUT2D eigenvalue weighted by Gasteiger charge is 2.33. The van der Waals surface area contributed by atoms with Crippen LogP contribution in [0.5, 0.6) is 0 Å². The predicted molar refractivity (Wildman–Crippen MR) is 79.9 cm³/mol. The van der Waals surface area contributed by atoms with Gasteiger partial charge in [0.05, 0.1) is 0 Å². The molecule has 1 aromatic carbocycles. The molecule has 2 unspecified atom stereocenters. The first-order valence-electron chi connectivity index (χ1n) is 7.35. The molecule has 1 fully saturated rings. The van der Waals surface area contributed by atoms with Gasteiger partial charge in [0, 0.05) is 12.6 Å². The zero-order chi connectivity index (χ0) is 15.4. The summed E-state index contributed by atoms with van der Waals surface area (Å²) in [6, 6.07) is 7.67. The molecule has 0 bridgehead atoms. The van der Waals surface area contributed by atoms with E-state index in [1.807, 2.05) is 6.07 Å². The zero-order valence-corrected chi connectivity index (χ0v) is 12.5. The minimum atomic E-state index is -1.05.